The van der Waals surface area contributed by atoms with Crippen LogP contribution in [0.1, 0.15) is 22.3 Å². The van der Waals surface area contributed by atoms with Crippen LogP contribution in [0.2, 0.25) is 0 Å². The standard InChI is InChI=1S/C31H32N2O2S.BrH/c1-24-9-7-8-12-30(24)32-31(36-23-27-10-5-4-6-11-27)33(21-25-13-17-28(34-2)18-14-25)22-26-15-19-29(35-3)20-16-26;/h4-20H,21-23H2,1-3H3;1H. The maximum absolute atomic E-state index is 5.37. The van der Waals surface area contributed by atoms with Gasteiger partial charge in [-0.05, 0) is 59.5 Å². The molecule has 0 aliphatic carbocycles. The summed E-state index contributed by atoms with van der Waals surface area (Å²) in [7, 11) is 3.39. The van der Waals surface area contributed by atoms with Gasteiger partial charge in [-0.15, -0.1) is 17.0 Å². The van der Waals surface area contributed by atoms with E-state index in [1.807, 2.05) is 30.3 Å². The van der Waals surface area contributed by atoms with Gasteiger partial charge in [0.15, 0.2) is 5.17 Å². The lowest BCUT2D eigenvalue weighted by molar-refractivity contribution is 0.405. The number of rotatable bonds is 9. The number of hydrogen-bond donors (Lipinski definition) is 0. The van der Waals surface area contributed by atoms with Gasteiger partial charge < -0.3 is 14.4 Å². The van der Waals surface area contributed by atoms with Crippen molar-refractivity contribution in [1.82, 2.24) is 4.90 Å². The Morgan fingerprint density at radius 3 is 1.70 bits per heavy atom. The Kier molecular flexibility index (Phi) is 11.1. The van der Waals surface area contributed by atoms with Gasteiger partial charge in [0.05, 0.1) is 19.9 Å². The van der Waals surface area contributed by atoms with Crippen molar-refractivity contribution in [3.8, 4) is 11.5 Å². The Balaban J connectivity index is 0.00000380. The third-order valence-electron chi connectivity index (χ3n) is 5.88. The van der Waals surface area contributed by atoms with E-state index in [1.54, 1.807) is 26.0 Å². The summed E-state index contributed by atoms with van der Waals surface area (Å²) in [6.07, 6.45) is 0. The molecule has 0 spiro atoms. The summed E-state index contributed by atoms with van der Waals surface area (Å²) >= 11 is 1.77. The van der Waals surface area contributed by atoms with Crippen LogP contribution in [0.15, 0.2) is 108 Å². The van der Waals surface area contributed by atoms with Crippen molar-refractivity contribution < 1.29 is 9.47 Å². The van der Waals surface area contributed by atoms with Crippen LogP contribution in [0.4, 0.5) is 5.69 Å². The summed E-state index contributed by atoms with van der Waals surface area (Å²) in [5, 5.41) is 0.986. The molecule has 0 aliphatic rings. The number of ether oxygens (including phenoxy) is 2. The van der Waals surface area contributed by atoms with Crippen LogP contribution in [0, 0.1) is 6.92 Å². The lowest BCUT2D eigenvalue weighted by Crippen LogP contribution is -2.28. The first-order valence-corrected chi connectivity index (χ1v) is 12.9. The zero-order chi connectivity index (χ0) is 25.2. The molecule has 0 N–H and O–H groups in total. The van der Waals surface area contributed by atoms with Crippen molar-refractivity contribution in [3.05, 3.63) is 125 Å². The molecule has 6 heteroatoms. The van der Waals surface area contributed by atoms with Crippen LogP contribution in [-0.4, -0.2) is 24.3 Å². The van der Waals surface area contributed by atoms with Crippen molar-refractivity contribution in [1.29, 1.82) is 0 Å². The molecule has 0 aliphatic heterocycles. The molecular formula is C31H33BrN2O2S. The van der Waals surface area contributed by atoms with E-state index in [-0.39, 0.29) is 17.0 Å². The minimum Gasteiger partial charge on any atom is -0.497 e. The first kappa shape index (κ1) is 28.4. The van der Waals surface area contributed by atoms with Crippen molar-refractivity contribution in [3.63, 3.8) is 0 Å². The fraction of sp³-hybridized carbons (Fsp3) is 0.194. The third kappa shape index (κ3) is 8.41. The Morgan fingerprint density at radius 2 is 1.19 bits per heavy atom. The van der Waals surface area contributed by atoms with Crippen LogP contribution in [0.5, 0.6) is 11.5 Å². The molecule has 0 bridgehead atoms. The van der Waals surface area contributed by atoms with Gasteiger partial charge in [-0.3, -0.25) is 0 Å². The summed E-state index contributed by atoms with van der Waals surface area (Å²) in [6, 6.07) is 35.3. The monoisotopic (exact) mass is 576 g/mol. The number of thioether (sulfide) groups is 1. The quantitative estimate of drug-likeness (QED) is 0.148. The number of aryl methyl sites for hydroxylation is 1. The fourth-order valence-corrected chi connectivity index (χ4v) is 4.76. The predicted octanol–water partition coefficient (Wildman–Crippen LogP) is 8.21. The normalized spacial score (nSPS) is 10.9. The molecule has 0 amide bonds. The highest BCUT2D eigenvalue weighted by Crippen LogP contribution is 2.27. The van der Waals surface area contributed by atoms with Gasteiger partial charge in [-0.1, -0.05) is 84.6 Å². The zero-order valence-electron chi connectivity index (χ0n) is 21.5. The summed E-state index contributed by atoms with van der Waals surface area (Å²) in [6.45, 7) is 3.56. The highest BCUT2D eigenvalue weighted by atomic mass is 79.9. The number of aliphatic imine (C=N–C) groups is 1. The largest absolute Gasteiger partial charge is 0.497 e. The summed E-state index contributed by atoms with van der Waals surface area (Å²) < 4.78 is 10.7. The Labute approximate surface area is 235 Å². The van der Waals surface area contributed by atoms with Crippen LogP contribution in [0.3, 0.4) is 0 Å². The van der Waals surface area contributed by atoms with Gasteiger partial charge in [0.1, 0.15) is 11.5 Å². The van der Waals surface area contributed by atoms with Crippen molar-refractivity contribution >= 4 is 39.6 Å². The Morgan fingerprint density at radius 1 is 0.676 bits per heavy atom. The van der Waals surface area contributed by atoms with Gasteiger partial charge in [-0.25, -0.2) is 4.99 Å². The maximum atomic E-state index is 5.37. The highest BCUT2D eigenvalue weighted by molar-refractivity contribution is 8.93. The Hall–Kier alpha value is -3.22. The predicted molar refractivity (Wildman–Crippen MR) is 162 cm³/mol. The molecule has 4 aromatic rings. The third-order valence-corrected chi connectivity index (χ3v) is 6.96. The summed E-state index contributed by atoms with van der Waals surface area (Å²) in [5.74, 6) is 2.55. The second-order valence-corrected chi connectivity index (χ2v) is 9.45. The van der Waals surface area contributed by atoms with Crippen LogP contribution in [0.25, 0.3) is 0 Å². The molecule has 0 saturated heterocycles. The number of para-hydroxylation sites is 1. The number of nitrogens with zero attached hydrogens (tertiary/aromatic N) is 2. The van der Waals surface area contributed by atoms with E-state index in [1.165, 1.54) is 16.7 Å². The smallest absolute Gasteiger partial charge is 0.165 e. The molecule has 192 valence electrons. The first-order chi connectivity index (χ1) is 17.6. The topological polar surface area (TPSA) is 34.1 Å². The first-order valence-electron chi connectivity index (χ1n) is 12.0. The molecule has 4 rings (SSSR count). The van der Waals surface area contributed by atoms with E-state index in [9.17, 15) is 0 Å². The molecule has 0 atom stereocenters. The number of hydrogen-bond acceptors (Lipinski definition) is 4. The van der Waals surface area contributed by atoms with Gasteiger partial charge >= 0.3 is 0 Å². The molecule has 0 radical (unpaired) electrons. The molecule has 0 fully saturated rings. The van der Waals surface area contributed by atoms with Gasteiger partial charge in [0.25, 0.3) is 0 Å². The summed E-state index contributed by atoms with van der Waals surface area (Å²) in [5.41, 5.74) is 5.81. The van der Waals surface area contributed by atoms with E-state index in [0.29, 0.717) is 0 Å². The van der Waals surface area contributed by atoms with E-state index in [0.717, 1.165) is 46.8 Å². The second-order valence-electron chi connectivity index (χ2n) is 8.51. The SMILES string of the molecule is Br.COc1ccc(CN(Cc2ccc(OC)cc2)C(=Nc2ccccc2C)SCc2ccccc2)cc1. The van der Waals surface area contributed by atoms with Crippen molar-refractivity contribution in [2.24, 2.45) is 4.99 Å². The molecule has 0 heterocycles. The van der Waals surface area contributed by atoms with Crippen molar-refractivity contribution in [2.45, 2.75) is 25.8 Å². The fourth-order valence-electron chi connectivity index (χ4n) is 3.80. The molecule has 0 saturated carbocycles. The van der Waals surface area contributed by atoms with E-state index in [4.69, 9.17) is 14.5 Å². The van der Waals surface area contributed by atoms with E-state index < -0.39 is 0 Å². The maximum Gasteiger partial charge on any atom is 0.165 e. The average Bonchev–Trinajstić information content (AvgIpc) is 2.93. The van der Waals surface area contributed by atoms with Gasteiger partial charge in [0, 0.05) is 18.8 Å². The van der Waals surface area contributed by atoms with Gasteiger partial charge in [0.2, 0.25) is 0 Å². The minimum atomic E-state index is 0. The average molecular weight is 578 g/mol. The molecule has 37 heavy (non-hydrogen) atoms. The minimum absolute atomic E-state index is 0. The second kappa shape index (κ2) is 14.5. The lowest BCUT2D eigenvalue weighted by atomic mass is 10.1. The number of halogens is 1. The molecule has 4 nitrogen and oxygen atoms in total. The van der Waals surface area contributed by atoms with E-state index in [2.05, 4.69) is 84.6 Å². The van der Waals surface area contributed by atoms with Crippen LogP contribution < -0.4 is 9.47 Å². The molecule has 0 unspecified atom stereocenters. The number of benzene rings is 4. The lowest BCUT2D eigenvalue weighted by Gasteiger charge is -2.27. The van der Waals surface area contributed by atoms with Gasteiger partial charge in [-0.2, -0.15) is 0 Å². The van der Waals surface area contributed by atoms with Crippen LogP contribution in [-0.2, 0) is 18.8 Å². The number of methoxy groups -OCH3 is 2. The summed E-state index contributed by atoms with van der Waals surface area (Å²) in [4.78, 5) is 7.54. The highest BCUT2D eigenvalue weighted by Gasteiger charge is 2.16. The van der Waals surface area contributed by atoms with Crippen LogP contribution >= 0.6 is 28.7 Å². The number of amidine groups is 1. The van der Waals surface area contributed by atoms with Crippen molar-refractivity contribution in [2.75, 3.05) is 14.2 Å². The Bertz CT molecular complexity index is 1210. The molecule has 0 aromatic heterocycles. The van der Waals surface area contributed by atoms with E-state index >= 15 is 0 Å². The molecular weight excluding hydrogens is 544 g/mol. The molecule has 4 aromatic carbocycles. The zero-order valence-corrected chi connectivity index (χ0v) is 24.0.